The van der Waals surface area contributed by atoms with Crippen molar-refractivity contribution in [1.29, 1.82) is 0 Å². The molecule has 0 unspecified atom stereocenters. The zero-order chi connectivity index (χ0) is 17.9. The van der Waals surface area contributed by atoms with E-state index in [2.05, 4.69) is 16.4 Å². The number of fused-ring (bicyclic) bond motifs is 1. The molecule has 1 N–H and O–H groups in total. The largest absolute Gasteiger partial charge is 0.379 e. The van der Waals surface area contributed by atoms with Crippen molar-refractivity contribution in [3.8, 4) is 0 Å². The summed E-state index contributed by atoms with van der Waals surface area (Å²) in [5.74, 6) is -0.773. The van der Waals surface area contributed by atoms with Crippen LogP contribution in [-0.4, -0.2) is 54.0 Å². The van der Waals surface area contributed by atoms with E-state index in [0.717, 1.165) is 30.2 Å². The molecule has 0 saturated carbocycles. The van der Waals surface area contributed by atoms with Crippen LogP contribution in [0, 0.1) is 5.92 Å². The van der Waals surface area contributed by atoms with Crippen LogP contribution in [0.2, 0.25) is 0 Å². The van der Waals surface area contributed by atoms with Crippen LogP contribution in [0.3, 0.4) is 0 Å². The van der Waals surface area contributed by atoms with Crippen molar-refractivity contribution in [2.24, 2.45) is 5.92 Å². The van der Waals surface area contributed by atoms with Crippen molar-refractivity contribution in [3.05, 3.63) is 42.1 Å². The monoisotopic (exact) mass is 353 g/mol. The molecule has 4 rings (SSSR count). The van der Waals surface area contributed by atoms with Crippen molar-refractivity contribution in [2.75, 3.05) is 26.3 Å². The minimum absolute atomic E-state index is 0.138. The van der Waals surface area contributed by atoms with E-state index in [-0.39, 0.29) is 12.0 Å². The van der Waals surface area contributed by atoms with Gasteiger partial charge in [0, 0.05) is 30.6 Å². The van der Waals surface area contributed by atoms with Crippen LogP contribution < -0.4 is 5.32 Å². The van der Waals surface area contributed by atoms with Gasteiger partial charge < -0.3 is 15.0 Å². The molecule has 6 nitrogen and oxygen atoms in total. The molecule has 2 saturated heterocycles. The number of nitrogens with zero attached hydrogens (tertiary/aromatic N) is 2. The summed E-state index contributed by atoms with van der Waals surface area (Å²) in [5, 5.41) is 4.03. The molecule has 2 atom stereocenters. The number of hydrogen-bond acceptors (Lipinski definition) is 4. The summed E-state index contributed by atoms with van der Waals surface area (Å²) in [6.45, 7) is 2.39. The van der Waals surface area contributed by atoms with E-state index in [1.807, 2.05) is 30.5 Å². The van der Waals surface area contributed by atoms with Crippen molar-refractivity contribution < 1.29 is 14.3 Å². The summed E-state index contributed by atoms with van der Waals surface area (Å²) in [6.07, 6.45) is 4.55. The number of rotatable bonds is 3. The van der Waals surface area contributed by atoms with Gasteiger partial charge in [-0.3, -0.25) is 14.6 Å². The number of carbonyl (C=O) groups excluding carboxylic acids is 2. The van der Waals surface area contributed by atoms with Gasteiger partial charge in [-0.15, -0.1) is 0 Å². The third kappa shape index (κ3) is 3.42. The number of benzene rings is 1. The van der Waals surface area contributed by atoms with Crippen LogP contribution in [0.5, 0.6) is 0 Å². The maximum Gasteiger partial charge on any atom is 0.311 e. The highest BCUT2D eigenvalue weighted by molar-refractivity contribution is 6.35. The zero-order valence-corrected chi connectivity index (χ0v) is 14.7. The summed E-state index contributed by atoms with van der Waals surface area (Å²) in [7, 11) is 0. The van der Waals surface area contributed by atoms with E-state index in [1.165, 1.54) is 5.56 Å². The fraction of sp³-hybridized carbons (Fsp3) is 0.450. The van der Waals surface area contributed by atoms with Crippen molar-refractivity contribution in [2.45, 2.75) is 25.3 Å². The lowest BCUT2D eigenvalue weighted by atomic mass is 9.93. The maximum absolute atomic E-state index is 12.3. The third-order valence-corrected chi connectivity index (χ3v) is 5.32. The molecular weight excluding hydrogens is 330 g/mol. The quantitative estimate of drug-likeness (QED) is 0.850. The lowest BCUT2D eigenvalue weighted by molar-refractivity contribution is -0.145. The van der Waals surface area contributed by atoms with Gasteiger partial charge in [0.1, 0.15) is 0 Å². The first kappa shape index (κ1) is 17.0. The summed E-state index contributed by atoms with van der Waals surface area (Å²) in [6, 6.07) is 9.93. The van der Waals surface area contributed by atoms with Crippen molar-refractivity contribution in [1.82, 2.24) is 15.2 Å². The SMILES string of the molecule is O=C(N[C@@H]1COC[C@H]1Cc1ccnc2ccccc12)C(=O)N1CCCC1. The number of aromatic nitrogens is 1. The molecule has 136 valence electrons. The van der Waals surface area contributed by atoms with Crippen LogP contribution in [0.15, 0.2) is 36.5 Å². The number of amides is 2. The Morgan fingerprint density at radius 1 is 1.15 bits per heavy atom. The van der Waals surface area contributed by atoms with Gasteiger partial charge in [-0.05, 0) is 37.0 Å². The van der Waals surface area contributed by atoms with Crippen LogP contribution >= 0.6 is 0 Å². The van der Waals surface area contributed by atoms with E-state index in [9.17, 15) is 9.59 Å². The number of nitrogens with one attached hydrogen (secondary N) is 1. The second-order valence-electron chi connectivity index (χ2n) is 7.07. The molecule has 1 aromatic carbocycles. The van der Waals surface area contributed by atoms with Crippen LogP contribution in [0.4, 0.5) is 0 Å². The highest BCUT2D eigenvalue weighted by Crippen LogP contribution is 2.24. The molecule has 3 heterocycles. The molecule has 0 bridgehead atoms. The molecule has 0 aliphatic carbocycles. The second-order valence-corrected chi connectivity index (χ2v) is 7.07. The standard InChI is InChI=1S/C20H23N3O3/c24-19(20(25)23-9-3-4-10-23)22-18-13-26-12-15(18)11-14-7-8-21-17-6-2-1-5-16(14)17/h1-2,5-8,15,18H,3-4,9-13H2,(H,22,24)/t15-,18-/m1/s1. The van der Waals surface area contributed by atoms with Crippen molar-refractivity contribution in [3.63, 3.8) is 0 Å². The first-order valence-corrected chi connectivity index (χ1v) is 9.22. The molecule has 0 radical (unpaired) electrons. The topological polar surface area (TPSA) is 71.5 Å². The highest BCUT2D eigenvalue weighted by Gasteiger charge is 2.33. The Bertz CT molecular complexity index is 812. The third-order valence-electron chi connectivity index (χ3n) is 5.32. The highest BCUT2D eigenvalue weighted by atomic mass is 16.5. The summed E-state index contributed by atoms with van der Waals surface area (Å²) in [4.78, 5) is 30.6. The number of carbonyl (C=O) groups is 2. The number of ether oxygens (including phenoxy) is 1. The molecule has 0 spiro atoms. The molecule has 26 heavy (non-hydrogen) atoms. The van der Waals surface area contributed by atoms with Crippen LogP contribution in [-0.2, 0) is 20.7 Å². The molecule has 1 aromatic heterocycles. The number of para-hydroxylation sites is 1. The van der Waals surface area contributed by atoms with Gasteiger partial charge in [0.25, 0.3) is 0 Å². The van der Waals surface area contributed by atoms with Gasteiger partial charge in [-0.1, -0.05) is 18.2 Å². The van der Waals surface area contributed by atoms with E-state index in [1.54, 1.807) is 4.90 Å². The first-order chi connectivity index (χ1) is 12.7. The Kier molecular flexibility index (Phi) is 4.84. The normalized spacial score (nSPS) is 22.7. The molecular formula is C20H23N3O3. The molecule has 6 heteroatoms. The van der Waals surface area contributed by atoms with Gasteiger partial charge in [-0.25, -0.2) is 0 Å². The second kappa shape index (κ2) is 7.41. The van der Waals surface area contributed by atoms with Gasteiger partial charge in [0.15, 0.2) is 0 Å². The van der Waals surface area contributed by atoms with E-state index in [4.69, 9.17) is 4.74 Å². The Hall–Kier alpha value is -2.47. The van der Waals surface area contributed by atoms with Crippen LogP contribution in [0.25, 0.3) is 10.9 Å². The maximum atomic E-state index is 12.3. The molecule has 2 amide bonds. The van der Waals surface area contributed by atoms with Gasteiger partial charge in [-0.2, -0.15) is 0 Å². The van der Waals surface area contributed by atoms with E-state index < -0.39 is 11.8 Å². The van der Waals surface area contributed by atoms with E-state index in [0.29, 0.717) is 26.3 Å². The lowest BCUT2D eigenvalue weighted by Crippen LogP contribution is -2.48. The fourth-order valence-electron chi connectivity index (χ4n) is 3.87. The minimum Gasteiger partial charge on any atom is -0.379 e. The molecule has 2 aliphatic heterocycles. The summed E-state index contributed by atoms with van der Waals surface area (Å²) in [5.41, 5.74) is 2.16. The van der Waals surface area contributed by atoms with E-state index >= 15 is 0 Å². The summed E-state index contributed by atoms with van der Waals surface area (Å²) >= 11 is 0. The Labute approximate surface area is 152 Å². The summed E-state index contributed by atoms with van der Waals surface area (Å²) < 4.78 is 5.60. The fourth-order valence-corrected chi connectivity index (χ4v) is 3.87. The Morgan fingerprint density at radius 3 is 2.81 bits per heavy atom. The molecule has 2 aliphatic rings. The average molecular weight is 353 g/mol. The molecule has 2 aromatic rings. The van der Waals surface area contributed by atoms with Gasteiger partial charge in [0.2, 0.25) is 0 Å². The van der Waals surface area contributed by atoms with Gasteiger partial charge in [0.05, 0.1) is 24.8 Å². The predicted octanol–water partition coefficient (Wildman–Crippen LogP) is 1.53. The smallest absolute Gasteiger partial charge is 0.311 e. The Balaban J connectivity index is 1.44. The number of pyridine rings is 1. The first-order valence-electron chi connectivity index (χ1n) is 9.22. The van der Waals surface area contributed by atoms with Gasteiger partial charge >= 0.3 is 11.8 Å². The van der Waals surface area contributed by atoms with Crippen molar-refractivity contribution >= 4 is 22.7 Å². The molecule has 2 fully saturated rings. The number of likely N-dealkylation sites (tertiary alicyclic amines) is 1. The predicted molar refractivity (Wildman–Crippen MR) is 97.5 cm³/mol. The minimum atomic E-state index is -0.507. The zero-order valence-electron chi connectivity index (χ0n) is 14.7. The Morgan fingerprint density at radius 2 is 1.96 bits per heavy atom. The number of hydrogen-bond donors (Lipinski definition) is 1. The average Bonchev–Trinajstić information content (AvgIpc) is 3.34. The lowest BCUT2D eigenvalue weighted by Gasteiger charge is -2.21. The van der Waals surface area contributed by atoms with Crippen LogP contribution in [0.1, 0.15) is 18.4 Å².